The van der Waals surface area contributed by atoms with Crippen LogP contribution in [0.5, 0.6) is 0 Å². The maximum Gasteiger partial charge on any atom is 0.303 e. The van der Waals surface area contributed by atoms with Gasteiger partial charge in [-0.2, -0.15) is 0 Å². The molecule has 0 aromatic heterocycles. The van der Waals surface area contributed by atoms with Gasteiger partial charge < -0.3 is 24.3 Å². The first-order valence-electron chi connectivity index (χ1n) is 7.09. The Morgan fingerprint density at radius 2 is 1.35 bits per heavy atom. The molecule has 1 saturated heterocycles. The van der Waals surface area contributed by atoms with Gasteiger partial charge in [-0.3, -0.25) is 19.2 Å². The van der Waals surface area contributed by atoms with Crippen LogP contribution in [-0.2, 0) is 38.1 Å². The van der Waals surface area contributed by atoms with E-state index in [4.69, 9.17) is 18.9 Å². The lowest BCUT2D eigenvalue weighted by Gasteiger charge is -2.40. The fraction of sp³-hybridized carbons (Fsp3) is 0.714. The molecule has 23 heavy (non-hydrogen) atoms. The lowest BCUT2D eigenvalue weighted by molar-refractivity contribution is -0.193. The Hall–Kier alpha value is -2.16. The van der Waals surface area contributed by atoms with Gasteiger partial charge in [0.15, 0.2) is 18.3 Å². The number of hydrogen-bond acceptors (Lipinski definition) is 9. The van der Waals surface area contributed by atoms with Crippen molar-refractivity contribution in [1.82, 2.24) is 5.32 Å². The smallest absolute Gasteiger partial charge is 0.303 e. The number of carbonyl (C=O) groups excluding carboxylic acids is 4. The highest BCUT2D eigenvalue weighted by molar-refractivity contribution is 5.68. The standard InChI is InChI=1S/C14H21NO8/c1-7(16)20-6-11-13(22-9(3)18)14(23-10(4)19)12(5-15-11)21-8(2)17/h11-15H,5-6H2,1-4H3/t11-,12+,13-,14-/m1/s1. The van der Waals surface area contributed by atoms with Gasteiger partial charge in [0.1, 0.15) is 6.61 Å². The number of hydrogen-bond donors (Lipinski definition) is 1. The fourth-order valence-corrected chi connectivity index (χ4v) is 2.30. The van der Waals surface area contributed by atoms with Crippen LogP contribution >= 0.6 is 0 Å². The van der Waals surface area contributed by atoms with Crippen molar-refractivity contribution in [2.45, 2.75) is 52.0 Å². The Kier molecular flexibility index (Phi) is 6.95. The second-order valence-electron chi connectivity index (χ2n) is 5.11. The summed E-state index contributed by atoms with van der Waals surface area (Å²) < 4.78 is 20.4. The van der Waals surface area contributed by atoms with Crippen LogP contribution in [-0.4, -0.2) is 61.4 Å². The largest absolute Gasteiger partial charge is 0.464 e. The maximum absolute atomic E-state index is 11.3. The zero-order chi connectivity index (χ0) is 17.6. The molecule has 1 rings (SSSR count). The third kappa shape index (κ3) is 6.23. The van der Waals surface area contributed by atoms with Gasteiger partial charge in [0.25, 0.3) is 0 Å². The van der Waals surface area contributed by atoms with E-state index in [0.29, 0.717) is 0 Å². The molecule has 0 radical (unpaired) electrons. The van der Waals surface area contributed by atoms with Crippen LogP contribution in [0, 0.1) is 0 Å². The molecule has 1 fully saturated rings. The van der Waals surface area contributed by atoms with Gasteiger partial charge in [0, 0.05) is 34.2 Å². The highest BCUT2D eigenvalue weighted by atomic mass is 16.6. The fourth-order valence-electron chi connectivity index (χ4n) is 2.30. The Balaban J connectivity index is 2.98. The SMILES string of the molecule is CC(=O)OC[C@H]1NC[C@H](OC(C)=O)[C@@H](OC(C)=O)[C@@H]1OC(C)=O. The van der Waals surface area contributed by atoms with Gasteiger partial charge in [0.2, 0.25) is 0 Å². The van der Waals surface area contributed by atoms with Crippen LogP contribution in [0.15, 0.2) is 0 Å². The molecule has 1 heterocycles. The molecule has 9 heteroatoms. The maximum atomic E-state index is 11.3. The van der Waals surface area contributed by atoms with Crippen LogP contribution in [0.4, 0.5) is 0 Å². The third-order valence-electron chi connectivity index (χ3n) is 3.06. The van der Waals surface area contributed by atoms with Crippen molar-refractivity contribution in [3.63, 3.8) is 0 Å². The van der Waals surface area contributed by atoms with Crippen molar-refractivity contribution in [2.75, 3.05) is 13.2 Å². The monoisotopic (exact) mass is 331 g/mol. The summed E-state index contributed by atoms with van der Waals surface area (Å²) in [4.78, 5) is 44.9. The number of rotatable bonds is 5. The molecule has 0 bridgehead atoms. The van der Waals surface area contributed by atoms with Gasteiger partial charge >= 0.3 is 23.9 Å². The van der Waals surface area contributed by atoms with E-state index in [0.717, 1.165) is 0 Å². The zero-order valence-corrected chi connectivity index (χ0v) is 13.5. The number of ether oxygens (including phenoxy) is 4. The van der Waals surface area contributed by atoms with E-state index in [1.807, 2.05) is 0 Å². The zero-order valence-electron chi connectivity index (χ0n) is 13.5. The van der Waals surface area contributed by atoms with E-state index in [1.54, 1.807) is 0 Å². The molecule has 0 aliphatic carbocycles. The molecule has 0 aromatic carbocycles. The van der Waals surface area contributed by atoms with Crippen molar-refractivity contribution in [1.29, 1.82) is 0 Å². The van der Waals surface area contributed by atoms with Crippen LogP contribution in [0.25, 0.3) is 0 Å². The summed E-state index contributed by atoms with van der Waals surface area (Å²) in [6.45, 7) is 4.92. The minimum absolute atomic E-state index is 0.0855. The van der Waals surface area contributed by atoms with Crippen molar-refractivity contribution >= 4 is 23.9 Å². The first-order chi connectivity index (χ1) is 10.7. The summed E-state index contributed by atoms with van der Waals surface area (Å²) in [5.74, 6) is -2.28. The van der Waals surface area contributed by atoms with Crippen LogP contribution in [0.3, 0.4) is 0 Å². The highest BCUT2D eigenvalue weighted by Crippen LogP contribution is 2.21. The van der Waals surface area contributed by atoms with Gasteiger partial charge in [-0.25, -0.2) is 0 Å². The van der Waals surface area contributed by atoms with Crippen LogP contribution < -0.4 is 5.32 Å². The minimum atomic E-state index is -0.998. The van der Waals surface area contributed by atoms with E-state index in [1.165, 1.54) is 27.7 Å². The molecule has 0 unspecified atom stereocenters. The van der Waals surface area contributed by atoms with E-state index in [9.17, 15) is 19.2 Å². The lowest BCUT2D eigenvalue weighted by atomic mass is 9.95. The predicted molar refractivity (Wildman–Crippen MR) is 75.1 cm³/mol. The average Bonchev–Trinajstić information content (AvgIpc) is 2.39. The van der Waals surface area contributed by atoms with Crippen molar-refractivity contribution in [3.8, 4) is 0 Å². The first kappa shape index (κ1) is 18.9. The number of carbonyl (C=O) groups is 4. The van der Waals surface area contributed by atoms with E-state index < -0.39 is 48.2 Å². The highest BCUT2D eigenvalue weighted by Gasteiger charge is 2.46. The van der Waals surface area contributed by atoms with E-state index in [2.05, 4.69) is 5.32 Å². The molecule has 4 atom stereocenters. The summed E-state index contributed by atoms with van der Waals surface area (Å²) >= 11 is 0. The molecule has 1 N–H and O–H groups in total. The normalized spacial score (nSPS) is 26.8. The van der Waals surface area contributed by atoms with Crippen LogP contribution in [0.1, 0.15) is 27.7 Å². The van der Waals surface area contributed by atoms with Gasteiger partial charge in [0.05, 0.1) is 6.04 Å². The second-order valence-corrected chi connectivity index (χ2v) is 5.11. The van der Waals surface area contributed by atoms with Crippen molar-refractivity contribution < 1.29 is 38.1 Å². The Morgan fingerprint density at radius 3 is 1.83 bits per heavy atom. The molecule has 130 valence electrons. The summed E-state index contributed by atoms with van der Waals surface area (Å²) in [7, 11) is 0. The molecular formula is C14H21NO8. The Labute approximate surface area is 133 Å². The molecule has 0 amide bonds. The van der Waals surface area contributed by atoms with Gasteiger partial charge in [-0.05, 0) is 0 Å². The van der Waals surface area contributed by atoms with Crippen molar-refractivity contribution in [2.24, 2.45) is 0 Å². The predicted octanol–water partition coefficient (Wildman–Crippen LogP) is -0.684. The second kappa shape index (κ2) is 8.47. The topological polar surface area (TPSA) is 117 Å². The van der Waals surface area contributed by atoms with Crippen LogP contribution in [0.2, 0.25) is 0 Å². The number of nitrogens with one attached hydrogen (secondary N) is 1. The van der Waals surface area contributed by atoms with E-state index in [-0.39, 0.29) is 13.2 Å². The van der Waals surface area contributed by atoms with Crippen molar-refractivity contribution in [3.05, 3.63) is 0 Å². The molecule has 9 nitrogen and oxygen atoms in total. The third-order valence-corrected chi connectivity index (χ3v) is 3.06. The van der Waals surface area contributed by atoms with Gasteiger partial charge in [-0.15, -0.1) is 0 Å². The summed E-state index contributed by atoms with van der Waals surface area (Å²) in [5, 5.41) is 2.97. The summed E-state index contributed by atoms with van der Waals surface area (Å²) in [6, 6.07) is -0.598. The summed E-state index contributed by atoms with van der Waals surface area (Å²) in [5.41, 5.74) is 0. The number of esters is 4. The molecule has 1 aliphatic heterocycles. The molecule has 1 aliphatic rings. The summed E-state index contributed by atoms with van der Waals surface area (Å²) in [6.07, 6.45) is -2.79. The molecule has 0 spiro atoms. The van der Waals surface area contributed by atoms with Gasteiger partial charge in [-0.1, -0.05) is 0 Å². The van der Waals surface area contributed by atoms with E-state index >= 15 is 0 Å². The lowest BCUT2D eigenvalue weighted by Crippen LogP contribution is -2.64. The first-order valence-corrected chi connectivity index (χ1v) is 7.09. The average molecular weight is 331 g/mol. The molecular weight excluding hydrogens is 310 g/mol. The molecule has 0 aromatic rings. The Morgan fingerprint density at radius 1 is 0.826 bits per heavy atom. The molecule has 0 saturated carbocycles. The minimum Gasteiger partial charge on any atom is -0.464 e. The Bertz CT molecular complexity index is 477. The quantitative estimate of drug-likeness (QED) is 0.516. The number of piperidine rings is 1.